The minimum Gasteiger partial charge on any atom is -0.299 e. The molecule has 31 heavy (non-hydrogen) atoms. The van der Waals surface area contributed by atoms with Gasteiger partial charge in [0.25, 0.3) is 0 Å². The number of piperidine rings is 1. The van der Waals surface area contributed by atoms with Gasteiger partial charge in [-0.05, 0) is 48.5 Å². The smallest absolute Gasteiger partial charge is 0.299 e. The van der Waals surface area contributed by atoms with Crippen molar-refractivity contribution < 1.29 is 13.2 Å². The van der Waals surface area contributed by atoms with Gasteiger partial charge in [0.05, 0.1) is 11.8 Å². The average Bonchev–Trinajstić information content (AvgIpc) is 3.31. The molecule has 0 radical (unpaired) electrons. The minimum absolute atomic E-state index is 0.272. The molecule has 5 heterocycles. The summed E-state index contributed by atoms with van der Waals surface area (Å²) in [6.45, 7) is 3.64. The number of fused-ring (bicyclic) bond motifs is 2. The minimum atomic E-state index is -4.23. The molecule has 11 heteroatoms. The second-order valence-corrected chi connectivity index (χ2v) is 10.7. The number of anilines is 1. The van der Waals surface area contributed by atoms with Gasteiger partial charge in [-0.3, -0.25) is 9.21 Å². The predicted octanol–water partition coefficient (Wildman–Crippen LogP) is 5.20. The Morgan fingerprint density at radius 3 is 2.81 bits per heavy atom. The lowest BCUT2D eigenvalue weighted by atomic mass is 9.96. The first kappa shape index (κ1) is 21.2. The summed E-state index contributed by atoms with van der Waals surface area (Å²) >= 11 is 8.72. The molecule has 0 bridgehead atoms. The van der Waals surface area contributed by atoms with Crippen LogP contribution in [0.3, 0.4) is 0 Å². The highest BCUT2D eigenvalue weighted by atomic mass is 35.5. The third-order valence-electron chi connectivity index (χ3n) is 5.61. The highest BCUT2D eigenvalue weighted by Crippen LogP contribution is 2.44. The predicted molar refractivity (Wildman–Crippen MR) is 119 cm³/mol. The molecule has 0 spiro atoms. The monoisotopic (exact) mass is 485 g/mol. The Balaban J connectivity index is 1.30. The number of nitrogens with zero attached hydrogens (tertiary/aromatic N) is 5. The van der Waals surface area contributed by atoms with Gasteiger partial charge in [0.15, 0.2) is 5.82 Å². The number of thiophene rings is 1. The van der Waals surface area contributed by atoms with Gasteiger partial charge >= 0.3 is 6.18 Å². The van der Waals surface area contributed by atoms with Gasteiger partial charge in [0.2, 0.25) is 0 Å². The first-order valence-corrected chi connectivity index (χ1v) is 11.9. The molecule has 2 atom stereocenters. The van der Waals surface area contributed by atoms with E-state index in [9.17, 15) is 13.2 Å². The summed E-state index contributed by atoms with van der Waals surface area (Å²) in [5.74, 6) is 1.26. The summed E-state index contributed by atoms with van der Waals surface area (Å²) < 4.78 is 40.6. The largest absolute Gasteiger partial charge is 0.393 e. The second-order valence-electron chi connectivity index (χ2n) is 7.90. The normalized spacial score (nSPS) is 22.3. The molecular weight excluding hydrogens is 467 g/mol. The van der Waals surface area contributed by atoms with Gasteiger partial charge in [0, 0.05) is 36.0 Å². The van der Waals surface area contributed by atoms with E-state index in [0.717, 1.165) is 55.3 Å². The van der Waals surface area contributed by atoms with Crippen LogP contribution >= 0.6 is 34.9 Å². The number of rotatable bonds is 4. The van der Waals surface area contributed by atoms with E-state index in [1.165, 1.54) is 6.33 Å². The van der Waals surface area contributed by atoms with Crippen LogP contribution in [0.15, 0.2) is 30.7 Å². The van der Waals surface area contributed by atoms with Crippen molar-refractivity contribution in [2.24, 2.45) is 5.92 Å². The zero-order valence-electron chi connectivity index (χ0n) is 16.3. The molecule has 3 aromatic heterocycles. The number of hydrogen-bond donors (Lipinski definition) is 0. The van der Waals surface area contributed by atoms with Crippen LogP contribution in [0.5, 0.6) is 0 Å². The Labute approximate surface area is 190 Å². The fourth-order valence-corrected chi connectivity index (χ4v) is 6.85. The number of aromatic nitrogens is 3. The Kier molecular flexibility index (Phi) is 5.74. The first-order valence-electron chi connectivity index (χ1n) is 9.91. The maximum atomic E-state index is 12.8. The molecule has 0 N–H and O–H groups in total. The molecule has 2 aliphatic heterocycles. The van der Waals surface area contributed by atoms with E-state index in [4.69, 9.17) is 11.6 Å². The van der Waals surface area contributed by atoms with Gasteiger partial charge in [0.1, 0.15) is 16.3 Å². The summed E-state index contributed by atoms with van der Waals surface area (Å²) in [4.78, 5) is 16.1. The van der Waals surface area contributed by atoms with E-state index in [-0.39, 0.29) is 4.88 Å². The number of halogens is 4. The lowest BCUT2D eigenvalue weighted by Crippen LogP contribution is -2.40. The molecule has 2 saturated heterocycles. The van der Waals surface area contributed by atoms with Gasteiger partial charge in [-0.15, -0.1) is 11.3 Å². The fourth-order valence-electron chi connectivity index (χ4n) is 4.19. The van der Waals surface area contributed by atoms with Crippen molar-refractivity contribution in [2.45, 2.75) is 30.8 Å². The Morgan fingerprint density at radius 1 is 1.16 bits per heavy atom. The van der Waals surface area contributed by atoms with Gasteiger partial charge in [-0.25, -0.2) is 15.0 Å². The lowest BCUT2D eigenvalue weighted by Gasteiger charge is -2.33. The Hall–Kier alpha value is -1.62. The standard InChI is InChI=1S/C20H19ClF3N5S2/c21-17-2-1-12(7-25-17)8-28-4-3-13-9-29(31-16(13)10-28)18-15-5-14(6-20(22,23)24)30-19(15)27-11-26-18/h1-2,5,7,11,13,16H,3-4,6,8-10H2/t13-,16-/m1/s1. The molecule has 2 fully saturated rings. The molecule has 0 aliphatic carbocycles. The topological polar surface area (TPSA) is 45.2 Å². The molecule has 5 nitrogen and oxygen atoms in total. The van der Waals surface area contributed by atoms with Crippen LogP contribution in [-0.4, -0.2) is 50.9 Å². The van der Waals surface area contributed by atoms with Crippen LogP contribution in [-0.2, 0) is 13.0 Å². The summed E-state index contributed by atoms with van der Waals surface area (Å²) in [7, 11) is 0. The van der Waals surface area contributed by atoms with Gasteiger partial charge in [-0.1, -0.05) is 17.7 Å². The van der Waals surface area contributed by atoms with Crippen LogP contribution in [0.1, 0.15) is 16.9 Å². The van der Waals surface area contributed by atoms with Crippen molar-refractivity contribution >= 4 is 50.9 Å². The molecule has 0 saturated carbocycles. The van der Waals surface area contributed by atoms with E-state index in [0.29, 0.717) is 26.5 Å². The highest BCUT2D eigenvalue weighted by Gasteiger charge is 2.39. The number of likely N-dealkylation sites (tertiary alicyclic amines) is 1. The van der Waals surface area contributed by atoms with Crippen LogP contribution in [0.4, 0.5) is 19.0 Å². The summed E-state index contributed by atoms with van der Waals surface area (Å²) in [5, 5.41) is 1.63. The van der Waals surface area contributed by atoms with Crippen LogP contribution in [0, 0.1) is 5.92 Å². The maximum Gasteiger partial charge on any atom is 0.393 e. The number of hydrogen-bond acceptors (Lipinski definition) is 7. The third-order valence-corrected chi connectivity index (χ3v) is 8.26. The van der Waals surface area contributed by atoms with Crippen molar-refractivity contribution in [3.05, 3.63) is 46.3 Å². The third kappa shape index (κ3) is 4.76. The zero-order valence-corrected chi connectivity index (χ0v) is 18.7. The fraction of sp³-hybridized carbons (Fsp3) is 0.450. The summed E-state index contributed by atoms with van der Waals surface area (Å²) in [5.41, 5.74) is 1.13. The number of pyridine rings is 1. The zero-order chi connectivity index (χ0) is 21.6. The average molecular weight is 486 g/mol. The van der Waals surface area contributed by atoms with Gasteiger partial charge < -0.3 is 0 Å². The van der Waals surface area contributed by atoms with Crippen molar-refractivity contribution in [3.63, 3.8) is 0 Å². The van der Waals surface area contributed by atoms with E-state index < -0.39 is 12.6 Å². The van der Waals surface area contributed by atoms with Crippen molar-refractivity contribution in [2.75, 3.05) is 23.9 Å². The summed E-state index contributed by atoms with van der Waals surface area (Å²) in [6.07, 6.45) is -0.815. The summed E-state index contributed by atoms with van der Waals surface area (Å²) in [6, 6.07) is 5.41. The SMILES string of the molecule is FC(F)(F)Cc1cc2c(N3C[C@H]4CCN(Cc5ccc(Cl)nc5)C[C@H]4S3)ncnc2s1. The van der Waals surface area contributed by atoms with Crippen LogP contribution in [0.25, 0.3) is 10.2 Å². The molecule has 0 amide bonds. The Bertz CT molecular complexity index is 1070. The Morgan fingerprint density at radius 2 is 2.03 bits per heavy atom. The highest BCUT2D eigenvalue weighted by molar-refractivity contribution is 8.01. The van der Waals surface area contributed by atoms with E-state index in [2.05, 4.69) is 24.2 Å². The first-order chi connectivity index (χ1) is 14.8. The van der Waals surface area contributed by atoms with E-state index >= 15 is 0 Å². The molecule has 0 unspecified atom stereocenters. The quantitative estimate of drug-likeness (QED) is 0.374. The van der Waals surface area contributed by atoms with Crippen LogP contribution in [0.2, 0.25) is 5.15 Å². The van der Waals surface area contributed by atoms with Gasteiger partial charge in [-0.2, -0.15) is 13.2 Å². The second kappa shape index (κ2) is 8.38. The maximum absolute atomic E-state index is 12.8. The molecule has 3 aromatic rings. The molecular formula is C20H19ClF3N5S2. The van der Waals surface area contributed by atoms with Crippen LogP contribution < -0.4 is 4.31 Å². The van der Waals surface area contributed by atoms with Crippen molar-refractivity contribution in [1.82, 2.24) is 19.9 Å². The molecule has 2 aliphatic rings. The van der Waals surface area contributed by atoms with E-state index in [1.54, 1.807) is 18.0 Å². The van der Waals surface area contributed by atoms with Crippen molar-refractivity contribution in [1.29, 1.82) is 0 Å². The molecule has 164 valence electrons. The van der Waals surface area contributed by atoms with Crippen molar-refractivity contribution in [3.8, 4) is 0 Å². The molecule has 5 rings (SSSR count). The molecule has 0 aromatic carbocycles. The number of alkyl halides is 3. The van der Waals surface area contributed by atoms with E-state index in [1.807, 2.05) is 18.3 Å². The lowest BCUT2D eigenvalue weighted by molar-refractivity contribution is -0.126.